The highest BCUT2D eigenvalue weighted by atomic mass is 79.9. The molecule has 0 radical (unpaired) electrons. The minimum absolute atomic E-state index is 0.390. The van der Waals surface area contributed by atoms with Crippen molar-refractivity contribution < 1.29 is 0 Å². The molecular formula is C13H17BrN4. The van der Waals surface area contributed by atoms with E-state index in [-0.39, 0.29) is 0 Å². The number of rotatable bonds is 6. The number of nitrogens with one attached hydrogen (secondary N) is 1. The Hall–Kier alpha value is -1.20. The predicted molar refractivity (Wildman–Crippen MR) is 75.2 cm³/mol. The van der Waals surface area contributed by atoms with E-state index in [9.17, 15) is 0 Å². The number of halogens is 1. The number of hydrogen-bond acceptors (Lipinski definition) is 3. The highest BCUT2D eigenvalue weighted by Crippen LogP contribution is 2.19. The molecule has 0 aliphatic rings. The summed E-state index contributed by atoms with van der Waals surface area (Å²) in [4.78, 5) is 0. The Morgan fingerprint density at radius 2 is 2.11 bits per heavy atom. The largest absolute Gasteiger partial charge is 0.308 e. The average molecular weight is 309 g/mol. The van der Waals surface area contributed by atoms with Gasteiger partial charge in [0.15, 0.2) is 0 Å². The van der Waals surface area contributed by atoms with Crippen LogP contribution in [0, 0.1) is 0 Å². The quantitative estimate of drug-likeness (QED) is 0.892. The van der Waals surface area contributed by atoms with Gasteiger partial charge in [0.1, 0.15) is 0 Å². The topological polar surface area (TPSA) is 42.7 Å². The zero-order chi connectivity index (χ0) is 12.8. The van der Waals surface area contributed by atoms with Gasteiger partial charge < -0.3 is 5.32 Å². The highest BCUT2D eigenvalue weighted by molar-refractivity contribution is 9.10. The molecule has 1 aromatic heterocycles. The first-order valence-corrected chi connectivity index (χ1v) is 6.92. The molecule has 2 rings (SSSR count). The second-order valence-corrected chi connectivity index (χ2v) is 5.05. The summed E-state index contributed by atoms with van der Waals surface area (Å²) in [5, 5.41) is 11.3. The highest BCUT2D eigenvalue weighted by Gasteiger charge is 2.07. The molecule has 18 heavy (non-hydrogen) atoms. The molecule has 0 bridgehead atoms. The van der Waals surface area contributed by atoms with Crippen LogP contribution in [0.3, 0.4) is 0 Å². The summed E-state index contributed by atoms with van der Waals surface area (Å²) in [7, 11) is 0. The first kappa shape index (κ1) is 13.2. The van der Waals surface area contributed by atoms with Gasteiger partial charge in [-0.2, -0.15) is 0 Å². The Kier molecular flexibility index (Phi) is 4.90. The number of hydrogen-bond donors (Lipinski definition) is 1. The van der Waals surface area contributed by atoms with Gasteiger partial charge in [-0.25, -0.2) is 0 Å². The fourth-order valence-electron chi connectivity index (χ4n) is 1.90. The van der Waals surface area contributed by atoms with Crippen molar-refractivity contribution >= 4 is 15.9 Å². The van der Waals surface area contributed by atoms with Crippen molar-refractivity contribution in [3.8, 4) is 0 Å². The molecule has 0 amide bonds. The normalized spacial score (nSPS) is 12.6. The average Bonchev–Trinajstić information content (AvgIpc) is 2.89. The fourth-order valence-corrected chi connectivity index (χ4v) is 2.16. The van der Waals surface area contributed by atoms with Gasteiger partial charge in [-0.1, -0.05) is 40.2 Å². The molecule has 1 N–H and O–H groups in total. The molecule has 0 fully saturated rings. The summed E-state index contributed by atoms with van der Waals surface area (Å²) in [6, 6.07) is 8.86. The van der Waals surface area contributed by atoms with Crippen molar-refractivity contribution in [2.45, 2.75) is 25.9 Å². The Balaban J connectivity index is 1.87. The maximum Gasteiger partial charge on any atom is 0.0692 e. The Bertz CT molecular complexity index is 452. The first-order chi connectivity index (χ1) is 8.79. The van der Waals surface area contributed by atoms with Crippen molar-refractivity contribution in [2.24, 2.45) is 0 Å². The molecule has 4 nitrogen and oxygen atoms in total. The minimum Gasteiger partial charge on any atom is -0.308 e. The monoisotopic (exact) mass is 308 g/mol. The van der Waals surface area contributed by atoms with Gasteiger partial charge in [-0.05, 0) is 24.1 Å². The van der Waals surface area contributed by atoms with Crippen molar-refractivity contribution in [3.05, 3.63) is 46.7 Å². The van der Waals surface area contributed by atoms with E-state index in [1.807, 2.05) is 10.9 Å². The van der Waals surface area contributed by atoms with E-state index >= 15 is 0 Å². The van der Waals surface area contributed by atoms with E-state index in [4.69, 9.17) is 0 Å². The summed E-state index contributed by atoms with van der Waals surface area (Å²) in [6.07, 6.45) is 4.65. The third-order valence-corrected chi connectivity index (χ3v) is 3.41. The molecule has 1 aromatic carbocycles. The van der Waals surface area contributed by atoms with Gasteiger partial charge in [0.2, 0.25) is 0 Å². The molecule has 0 aliphatic heterocycles. The molecule has 5 heteroatoms. The lowest BCUT2D eigenvalue weighted by molar-refractivity contribution is 0.471. The van der Waals surface area contributed by atoms with Crippen molar-refractivity contribution in [1.82, 2.24) is 20.3 Å². The molecule has 1 unspecified atom stereocenters. The van der Waals surface area contributed by atoms with Crippen molar-refractivity contribution in [2.75, 3.05) is 6.54 Å². The van der Waals surface area contributed by atoms with Crippen LogP contribution in [0.2, 0.25) is 0 Å². The van der Waals surface area contributed by atoms with Crippen LogP contribution in [0.15, 0.2) is 41.1 Å². The van der Waals surface area contributed by atoms with Crippen LogP contribution in [-0.2, 0) is 6.54 Å². The van der Waals surface area contributed by atoms with Gasteiger partial charge >= 0.3 is 0 Å². The van der Waals surface area contributed by atoms with E-state index in [1.54, 1.807) is 6.20 Å². The molecular weight excluding hydrogens is 292 g/mol. The summed E-state index contributed by atoms with van der Waals surface area (Å²) in [5.41, 5.74) is 1.32. The number of benzene rings is 1. The maximum atomic E-state index is 3.94. The fraction of sp³-hybridized carbons (Fsp3) is 0.385. The first-order valence-electron chi connectivity index (χ1n) is 6.12. The number of nitrogens with zero attached hydrogens (tertiary/aromatic N) is 3. The number of aromatic nitrogens is 3. The van der Waals surface area contributed by atoms with E-state index in [2.05, 4.69) is 62.7 Å². The van der Waals surface area contributed by atoms with Crippen molar-refractivity contribution in [3.63, 3.8) is 0 Å². The minimum atomic E-state index is 0.390. The van der Waals surface area contributed by atoms with E-state index < -0.39 is 0 Å². The van der Waals surface area contributed by atoms with Gasteiger partial charge in [-0.3, -0.25) is 4.68 Å². The predicted octanol–water partition coefficient (Wildman–Crippen LogP) is 2.78. The molecule has 1 heterocycles. The summed E-state index contributed by atoms with van der Waals surface area (Å²) in [6.45, 7) is 3.92. The van der Waals surface area contributed by atoms with E-state index in [0.29, 0.717) is 6.04 Å². The molecule has 0 saturated heterocycles. The lowest BCUT2D eigenvalue weighted by atomic mass is 10.0. The molecule has 0 spiro atoms. The van der Waals surface area contributed by atoms with Crippen LogP contribution in [0.25, 0.3) is 0 Å². The molecule has 0 aliphatic carbocycles. The summed E-state index contributed by atoms with van der Waals surface area (Å²) >= 11 is 3.46. The Morgan fingerprint density at radius 3 is 2.72 bits per heavy atom. The van der Waals surface area contributed by atoms with Crippen LogP contribution < -0.4 is 5.32 Å². The lowest BCUT2D eigenvalue weighted by Gasteiger charge is -2.17. The standard InChI is InChI=1S/C13H17BrN4/c1-2-13(11-3-5-12(14)6-4-11)15-7-9-18-10-8-16-17-18/h3-6,8,10,13,15H,2,7,9H2,1H3. The second kappa shape index (κ2) is 6.66. The zero-order valence-corrected chi connectivity index (χ0v) is 12.0. The smallest absolute Gasteiger partial charge is 0.0692 e. The van der Waals surface area contributed by atoms with E-state index in [0.717, 1.165) is 24.0 Å². The molecule has 0 saturated carbocycles. The lowest BCUT2D eigenvalue weighted by Crippen LogP contribution is -2.25. The van der Waals surface area contributed by atoms with Crippen LogP contribution in [0.4, 0.5) is 0 Å². The molecule has 96 valence electrons. The van der Waals surface area contributed by atoms with Crippen LogP contribution >= 0.6 is 15.9 Å². The Morgan fingerprint density at radius 1 is 1.33 bits per heavy atom. The molecule has 1 atom stereocenters. The van der Waals surface area contributed by atoms with Gasteiger partial charge in [0, 0.05) is 23.3 Å². The third-order valence-electron chi connectivity index (χ3n) is 2.88. The maximum absolute atomic E-state index is 3.94. The van der Waals surface area contributed by atoms with Crippen LogP contribution in [0.5, 0.6) is 0 Å². The molecule has 2 aromatic rings. The SMILES string of the molecule is CCC(NCCn1ccnn1)c1ccc(Br)cc1. The van der Waals surface area contributed by atoms with Gasteiger partial charge in [0.25, 0.3) is 0 Å². The summed E-state index contributed by atoms with van der Waals surface area (Å²) < 4.78 is 2.95. The summed E-state index contributed by atoms with van der Waals surface area (Å²) in [5.74, 6) is 0. The van der Waals surface area contributed by atoms with Gasteiger partial charge in [-0.15, -0.1) is 5.10 Å². The second-order valence-electron chi connectivity index (χ2n) is 4.13. The van der Waals surface area contributed by atoms with Crippen LogP contribution in [-0.4, -0.2) is 21.5 Å². The van der Waals surface area contributed by atoms with Crippen LogP contribution in [0.1, 0.15) is 24.9 Å². The Labute approximate surface area is 116 Å². The van der Waals surface area contributed by atoms with Crippen molar-refractivity contribution in [1.29, 1.82) is 0 Å². The third kappa shape index (κ3) is 3.65. The van der Waals surface area contributed by atoms with E-state index in [1.165, 1.54) is 5.56 Å². The van der Waals surface area contributed by atoms with Gasteiger partial charge in [0.05, 0.1) is 12.7 Å². The zero-order valence-electron chi connectivity index (χ0n) is 10.4.